The molecule has 0 saturated carbocycles. The number of rotatable bonds is 7. The van der Waals surface area contributed by atoms with Gasteiger partial charge in [-0.05, 0) is 30.7 Å². The average molecular weight is 489 g/mol. The van der Waals surface area contributed by atoms with E-state index in [0.29, 0.717) is 66.4 Å². The lowest BCUT2D eigenvalue weighted by Gasteiger charge is -2.37. The molecule has 0 unspecified atom stereocenters. The minimum absolute atomic E-state index is 0.139. The van der Waals surface area contributed by atoms with Gasteiger partial charge in [0.15, 0.2) is 23.0 Å². The van der Waals surface area contributed by atoms with E-state index in [1.807, 2.05) is 18.2 Å². The first kappa shape index (κ1) is 24.0. The quantitative estimate of drug-likeness (QED) is 0.554. The number of amides is 2. The fourth-order valence-corrected chi connectivity index (χ4v) is 4.22. The molecule has 1 fully saturated rings. The van der Waals surface area contributed by atoms with Crippen LogP contribution in [0.1, 0.15) is 30.1 Å². The lowest BCUT2D eigenvalue weighted by Crippen LogP contribution is -2.55. The van der Waals surface area contributed by atoms with Crippen LogP contribution >= 0.6 is 11.6 Å². The Morgan fingerprint density at radius 3 is 2.50 bits per heavy atom. The number of methoxy groups -OCH3 is 1. The van der Waals surface area contributed by atoms with E-state index in [1.165, 1.54) is 7.11 Å². The SMILES string of the molecule is CCCCOc1c(Cl)cc(C(=O)N2CCN(C(=O)[C@@H]3COc4ccccc4O3)CC2)cc1OC. The summed E-state index contributed by atoms with van der Waals surface area (Å²) < 4.78 is 22.7. The molecule has 0 radical (unpaired) electrons. The summed E-state index contributed by atoms with van der Waals surface area (Å²) in [5.41, 5.74) is 0.421. The Balaban J connectivity index is 1.36. The first-order chi connectivity index (χ1) is 16.5. The highest BCUT2D eigenvalue weighted by atomic mass is 35.5. The predicted octanol–water partition coefficient (Wildman–Crippen LogP) is 3.65. The van der Waals surface area contributed by atoms with Gasteiger partial charge in [0, 0.05) is 31.7 Å². The molecule has 0 N–H and O–H groups in total. The second-order valence-electron chi connectivity index (χ2n) is 8.17. The molecule has 8 nitrogen and oxygen atoms in total. The molecule has 0 aliphatic carbocycles. The number of carbonyl (C=O) groups is 2. The van der Waals surface area contributed by atoms with E-state index in [4.69, 9.17) is 30.5 Å². The highest BCUT2D eigenvalue weighted by molar-refractivity contribution is 6.32. The summed E-state index contributed by atoms with van der Waals surface area (Å²) in [5.74, 6) is 1.77. The van der Waals surface area contributed by atoms with Crippen LogP contribution in [0.15, 0.2) is 36.4 Å². The molecular weight excluding hydrogens is 460 g/mol. The molecule has 2 aromatic rings. The van der Waals surface area contributed by atoms with Crippen molar-refractivity contribution in [3.8, 4) is 23.0 Å². The second-order valence-corrected chi connectivity index (χ2v) is 8.58. The van der Waals surface area contributed by atoms with Gasteiger partial charge in [0.1, 0.15) is 6.61 Å². The Morgan fingerprint density at radius 2 is 1.79 bits per heavy atom. The first-order valence-electron chi connectivity index (χ1n) is 11.5. The molecule has 9 heteroatoms. The Kier molecular flexibility index (Phi) is 7.67. The van der Waals surface area contributed by atoms with Gasteiger partial charge in [0.05, 0.1) is 18.7 Å². The van der Waals surface area contributed by atoms with Crippen LogP contribution in [0, 0.1) is 0 Å². The number of hydrogen-bond donors (Lipinski definition) is 0. The molecule has 182 valence electrons. The van der Waals surface area contributed by atoms with Crippen molar-refractivity contribution in [1.29, 1.82) is 0 Å². The van der Waals surface area contributed by atoms with E-state index < -0.39 is 6.10 Å². The van der Waals surface area contributed by atoms with Crippen molar-refractivity contribution in [2.45, 2.75) is 25.9 Å². The lowest BCUT2D eigenvalue weighted by molar-refractivity contribution is -0.142. The zero-order valence-corrected chi connectivity index (χ0v) is 20.2. The van der Waals surface area contributed by atoms with E-state index in [1.54, 1.807) is 28.0 Å². The number of benzene rings is 2. The standard InChI is InChI=1S/C25H29ClN2O6/c1-3-4-13-32-23-18(26)14-17(15-21(23)31-2)24(29)27-9-11-28(12-10-27)25(30)22-16-33-19-7-5-6-8-20(19)34-22/h5-8,14-15,22H,3-4,9-13,16H2,1-2H3/t22-/m0/s1. The van der Waals surface area contributed by atoms with Gasteiger partial charge in [-0.15, -0.1) is 0 Å². The van der Waals surface area contributed by atoms with E-state index in [2.05, 4.69) is 6.92 Å². The monoisotopic (exact) mass is 488 g/mol. The molecule has 2 aliphatic heterocycles. The van der Waals surface area contributed by atoms with Gasteiger partial charge >= 0.3 is 0 Å². The maximum Gasteiger partial charge on any atom is 0.267 e. The third-order valence-electron chi connectivity index (χ3n) is 5.88. The molecule has 0 spiro atoms. The van der Waals surface area contributed by atoms with Gasteiger partial charge in [0.25, 0.3) is 11.8 Å². The number of piperazine rings is 1. The van der Waals surface area contributed by atoms with Gasteiger partial charge in [-0.3, -0.25) is 9.59 Å². The van der Waals surface area contributed by atoms with Crippen molar-refractivity contribution in [3.63, 3.8) is 0 Å². The molecule has 2 aromatic carbocycles. The summed E-state index contributed by atoms with van der Waals surface area (Å²) in [5, 5.41) is 0.336. The van der Waals surface area contributed by atoms with Crippen molar-refractivity contribution in [2.75, 3.05) is 46.5 Å². The molecule has 0 aromatic heterocycles. The van der Waals surface area contributed by atoms with Crippen molar-refractivity contribution < 1.29 is 28.5 Å². The summed E-state index contributed by atoms with van der Waals surface area (Å²) >= 11 is 6.41. The van der Waals surface area contributed by atoms with E-state index >= 15 is 0 Å². The van der Waals surface area contributed by atoms with Gasteiger partial charge in [-0.1, -0.05) is 37.1 Å². The summed E-state index contributed by atoms with van der Waals surface area (Å²) in [6.45, 7) is 4.40. The van der Waals surface area contributed by atoms with Crippen LogP contribution in [0.5, 0.6) is 23.0 Å². The number of fused-ring (bicyclic) bond motifs is 1. The molecule has 0 bridgehead atoms. The average Bonchev–Trinajstić information content (AvgIpc) is 2.88. The van der Waals surface area contributed by atoms with Crippen LogP contribution in [0.25, 0.3) is 0 Å². The maximum atomic E-state index is 13.1. The summed E-state index contributed by atoms with van der Waals surface area (Å²) in [4.78, 5) is 29.5. The first-order valence-corrected chi connectivity index (χ1v) is 11.9. The smallest absolute Gasteiger partial charge is 0.267 e. The van der Waals surface area contributed by atoms with Gasteiger partial charge < -0.3 is 28.7 Å². The summed E-state index contributed by atoms with van der Waals surface area (Å²) in [6, 6.07) is 10.5. The molecule has 2 aliphatic rings. The van der Waals surface area contributed by atoms with Gasteiger partial charge in [0.2, 0.25) is 6.10 Å². The zero-order chi connectivity index (χ0) is 24.1. The number of para-hydroxylation sites is 2. The van der Waals surface area contributed by atoms with Gasteiger partial charge in [-0.2, -0.15) is 0 Å². The molecule has 1 atom stereocenters. The highest BCUT2D eigenvalue weighted by Gasteiger charge is 2.33. The van der Waals surface area contributed by atoms with Crippen LogP contribution in [0.2, 0.25) is 5.02 Å². The summed E-state index contributed by atoms with van der Waals surface area (Å²) in [6.07, 6.45) is 1.20. The number of hydrogen-bond acceptors (Lipinski definition) is 6. The zero-order valence-electron chi connectivity index (χ0n) is 19.4. The largest absolute Gasteiger partial charge is 0.493 e. The van der Waals surface area contributed by atoms with Crippen LogP contribution < -0.4 is 18.9 Å². The van der Waals surface area contributed by atoms with Crippen molar-refractivity contribution in [3.05, 3.63) is 47.0 Å². The van der Waals surface area contributed by atoms with Crippen LogP contribution in [-0.4, -0.2) is 74.2 Å². The molecule has 1 saturated heterocycles. The van der Waals surface area contributed by atoms with Crippen molar-refractivity contribution in [1.82, 2.24) is 9.80 Å². The minimum atomic E-state index is -0.694. The van der Waals surface area contributed by atoms with Crippen molar-refractivity contribution >= 4 is 23.4 Å². The minimum Gasteiger partial charge on any atom is -0.493 e. The van der Waals surface area contributed by atoms with E-state index in [0.717, 1.165) is 12.8 Å². The molecule has 2 amide bonds. The number of ether oxygens (including phenoxy) is 4. The fourth-order valence-electron chi connectivity index (χ4n) is 3.96. The number of nitrogens with zero attached hydrogens (tertiary/aromatic N) is 2. The Bertz CT molecular complexity index is 1040. The Labute approximate surface area is 204 Å². The molecular formula is C25H29ClN2O6. The van der Waals surface area contributed by atoms with E-state index in [9.17, 15) is 9.59 Å². The lowest BCUT2D eigenvalue weighted by atomic mass is 10.1. The maximum absolute atomic E-state index is 13.1. The molecule has 2 heterocycles. The molecule has 34 heavy (non-hydrogen) atoms. The van der Waals surface area contributed by atoms with Crippen LogP contribution in [0.3, 0.4) is 0 Å². The Morgan fingerprint density at radius 1 is 1.09 bits per heavy atom. The van der Waals surface area contributed by atoms with Gasteiger partial charge in [-0.25, -0.2) is 0 Å². The number of carbonyl (C=O) groups excluding carboxylic acids is 2. The van der Waals surface area contributed by atoms with E-state index in [-0.39, 0.29) is 18.4 Å². The topological polar surface area (TPSA) is 77.5 Å². The molecule has 4 rings (SSSR count). The Hall–Kier alpha value is -3.13. The second kappa shape index (κ2) is 10.9. The fraction of sp³-hybridized carbons (Fsp3) is 0.440. The number of halogens is 1. The third-order valence-corrected chi connectivity index (χ3v) is 6.16. The van der Waals surface area contributed by atoms with Crippen LogP contribution in [-0.2, 0) is 4.79 Å². The third kappa shape index (κ3) is 5.17. The number of unbranched alkanes of at least 4 members (excludes halogenated alkanes) is 1. The summed E-state index contributed by atoms with van der Waals surface area (Å²) in [7, 11) is 1.52. The van der Waals surface area contributed by atoms with Crippen molar-refractivity contribution in [2.24, 2.45) is 0 Å². The normalized spacial score (nSPS) is 17.3. The van der Waals surface area contributed by atoms with Crippen LogP contribution in [0.4, 0.5) is 0 Å². The highest BCUT2D eigenvalue weighted by Crippen LogP contribution is 2.37. The predicted molar refractivity (Wildman–Crippen MR) is 127 cm³/mol.